The van der Waals surface area contributed by atoms with Gasteiger partial charge in [0, 0.05) is 25.6 Å². The molecule has 0 aliphatic rings. The van der Waals surface area contributed by atoms with Crippen LogP contribution >= 0.6 is 0 Å². The molecule has 1 aromatic heterocycles. The molecule has 0 radical (unpaired) electrons. The number of carbonyl (C=O) groups is 2. The van der Waals surface area contributed by atoms with Crippen LogP contribution in [0.1, 0.15) is 36.6 Å². The maximum Gasteiger partial charge on any atom is 0.243 e. The molecule has 0 fully saturated rings. The minimum atomic E-state index is -0.704. The molecule has 3 rings (SSSR count). The third kappa shape index (κ3) is 6.74. The monoisotopic (exact) mass is 433 g/mol. The van der Waals surface area contributed by atoms with Crippen molar-refractivity contribution in [1.82, 2.24) is 15.2 Å². The first-order chi connectivity index (χ1) is 15.6. The molecule has 166 valence electrons. The molecule has 32 heavy (non-hydrogen) atoms. The second-order valence-corrected chi connectivity index (χ2v) is 7.64. The molecule has 2 aromatic carbocycles. The minimum Gasteiger partial charge on any atom is -0.349 e. The highest BCUT2D eigenvalue weighted by molar-refractivity contribution is 5.88. The first kappa shape index (κ1) is 23.1. The van der Waals surface area contributed by atoms with Crippen molar-refractivity contribution in [1.29, 1.82) is 0 Å². The van der Waals surface area contributed by atoms with Gasteiger partial charge in [0.1, 0.15) is 11.9 Å². The SMILES string of the molecule is CCCC(=O)N(Cc1ccc(F)cc1)C(Cc1ccccc1)C(=O)NCc1ccccn1. The molecule has 1 N–H and O–H groups in total. The van der Waals surface area contributed by atoms with Crippen molar-refractivity contribution in [2.24, 2.45) is 0 Å². The van der Waals surface area contributed by atoms with Gasteiger partial charge in [0.25, 0.3) is 0 Å². The molecule has 0 saturated heterocycles. The van der Waals surface area contributed by atoms with E-state index in [-0.39, 0.29) is 30.7 Å². The predicted octanol–water partition coefficient (Wildman–Crippen LogP) is 4.28. The third-order valence-corrected chi connectivity index (χ3v) is 5.17. The van der Waals surface area contributed by atoms with Crippen LogP contribution in [0.15, 0.2) is 79.0 Å². The number of rotatable bonds is 10. The Kier molecular flexibility index (Phi) is 8.49. The van der Waals surface area contributed by atoms with Crippen molar-refractivity contribution >= 4 is 11.8 Å². The maximum absolute atomic E-state index is 13.4. The molecule has 5 nitrogen and oxygen atoms in total. The molecule has 0 bridgehead atoms. The number of carbonyl (C=O) groups excluding carboxylic acids is 2. The van der Waals surface area contributed by atoms with Gasteiger partial charge in [0.15, 0.2) is 0 Å². The van der Waals surface area contributed by atoms with Crippen molar-refractivity contribution in [2.75, 3.05) is 0 Å². The number of hydrogen-bond donors (Lipinski definition) is 1. The Bertz CT molecular complexity index is 995. The first-order valence-electron chi connectivity index (χ1n) is 10.8. The van der Waals surface area contributed by atoms with E-state index < -0.39 is 6.04 Å². The molecule has 0 aliphatic heterocycles. The van der Waals surface area contributed by atoms with Gasteiger partial charge in [-0.2, -0.15) is 0 Å². The lowest BCUT2D eigenvalue weighted by Gasteiger charge is -2.31. The molecular weight excluding hydrogens is 405 g/mol. The second-order valence-electron chi connectivity index (χ2n) is 7.64. The highest BCUT2D eigenvalue weighted by Crippen LogP contribution is 2.17. The average Bonchev–Trinajstić information content (AvgIpc) is 2.82. The number of hydrogen-bond acceptors (Lipinski definition) is 3. The number of nitrogens with one attached hydrogen (secondary N) is 1. The van der Waals surface area contributed by atoms with Gasteiger partial charge in [0.2, 0.25) is 11.8 Å². The van der Waals surface area contributed by atoms with Crippen molar-refractivity contribution in [3.63, 3.8) is 0 Å². The van der Waals surface area contributed by atoms with E-state index in [0.29, 0.717) is 19.3 Å². The van der Waals surface area contributed by atoms with Gasteiger partial charge in [-0.15, -0.1) is 0 Å². The predicted molar refractivity (Wildman–Crippen MR) is 122 cm³/mol. The minimum absolute atomic E-state index is 0.106. The highest BCUT2D eigenvalue weighted by atomic mass is 19.1. The summed E-state index contributed by atoms with van der Waals surface area (Å²) in [6.45, 7) is 2.44. The van der Waals surface area contributed by atoms with Crippen LogP contribution in [0.5, 0.6) is 0 Å². The van der Waals surface area contributed by atoms with E-state index in [4.69, 9.17) is 0 Å². The van der Waals surface area contributed by atoms with Crippen LogP contribution in [0.2, 0.25) is 0 Å². The Hall–Kier alpha value is -3.54. The van der Waals surface area contributed by atoms with E-state index in [2.05, 4.69) is 10.3 Å². The number of nitrogens with zero attached hydrogens (tertiary/aromatic N) is 2. The fourth-order valence-corrected chi connectivity index (χ4v) is 3.50. The van der Waals surface area contributed by atoms with Crippen LogP contribution in [-0.4, -0.2) is 27.7 Å². The zero-order valence-electron chi connectivity index (χ0n) is 18.2. The summed E-state index contributed by atoms with van der Waals surface area (Å²) in [6.07, 6.45) is 3.06. The van der Waals surface area contributed by atoms with Crippen molar-refractivity contribution in [2.45, 2.75) is 45.3 Å². The lowest BCUT2D eigenvalue weighted by molar-refractivity contribution is -0.141. The van der Waals surface area contributed by atoms with Crippen molar-refractivity contribution in [3.8, 4) is 0 Å². The van der Waals surface area contributed by atoms with Gasteiger partial charge >= 0.3 is 0 Å². The first-order valence-corrected chi connectivity index (χ1v) is 10.8. The number of pyridine rings is 1. The average molecular weight is 434 g/mol. The lowest BCUT2D eigenvalue weighted by atomic mass is 10.0. The molecule has 0 aliphatic carbocycles. The zero-order valence-corrected chi connectivity index (χ0v) is 18.2. The number of benzene rings is 2. The van der Waals surface area contributed by atoms with E-state index >= 15 is 0 Å². The van der Waals surface area contributed by atoms with Crippen LogP contribution in [0.4, 0.5) is 4.39 Å². The summed E-state index contributed by atoms with van der Waals surface area (Å²) in [4.78, 5) is 32.3. The van der Waals surface area contributed by atoms with Crippen LogP contribution in [0.3, 0.4) is 0 Å². The molecule has 1 atom stereocenters. The molecule has 6 heteroatoms. The molecule has 3 aromatic rings. The summed E-state index contributed by atoms with van der Waals surface area (Å²) in [6, 6.07) is 20.5. The topological polar surface area (TPSA) is 62.3 Å². The van der Waals surface area contributed by atoms with Gasteiger partial charge in [-0.3, -0.25) is 14.6 Å². The second kappa shape index (κ2) is 11.7. The van der Waals surface area contributed by atoms with E-state index in [1.54, 1.807) is 23.2 Å². The maximum atomic E-state index is 13.4. The lowest BCUT2D eigenvalue weighted by Crippen LogP contribution is -2.50. The third-order valence-electron chi connectivity index (χ3n) is 5.17. The van der Waals surface area contributed by atoms with E-state index in [9.17, 15) is 14.0 Å². The van der Waals surface area contributed by atoms with Gasteiger partial charge in [-0.05, 0) is 41.8 Å². The van der Waals surface area contributed by atoms with Crippen LogP contribution in [-0.2, 0) is 29.1 Å². The molecule has 0 spiro atoms. The molecule has 0 saturated carbocycles. The van der Waals surface area contributed by atoms with Gasteiger partial charge in [0.05, 0.1) is 12.2 Å². The summed E-state index contributed by atoms with van der Waals surface area (Å²) < 4.78 is 13.4. The largest absolute Gasteiger partial charge is 0.349 e. The van der Waals surface area contributed by atoms with Crippen LogP contribution in [0, 0.1) is 5.82 Å². The number of amides is 2. The summed E-state index contributed by atoms with van der Waals surface area (Å²) in [5, 5.41) is 2.94. The fourth-order valence-electron chi connectivity index (χ4n) is 3.50. The highest BCUT2D eigenvalue weighted by Gasteiger charge is 2.29. The zero-order chi connectivity index (χ0) is 22.8. The summed E-state index contributed by atoms with van der Waals surface area (Å²) >= 11 is 0. The summed E-state index contributed by atoms with van der Waals surface area (Å²) in [5.74, 6) is -0.689. The van der Waals surface area contributed by atoms with Crippen LogP contribution < -0.4 is 5.32 Å². The molecule has 2 amide bonds. The Morgan fingerprint density at radius 2 is 1.69 bits per heavy atom. The Labute approximate surface area is 188 Å². The van der Waals surface area contributed by atoms with Gasteiger partial charge in [-0.25, -0.2) is 4.39 Å². The Morgan fingerprint density at radius 3 is 2.34 bits per heavy atom. The van der Waals surface area contributed by atoms with E-state index in [0.717, 1.165) is 16.8 Å². The smallest absolute Gasteiger partial charge is 0.243 e. The van der Waals surface area contributed by atoms with Crippen LogP contribution in [0.25, 0.3) is 0 Å². The number of halogens is 1. The van der Waals surface area contributed by atoms with E-state index in [1.807, 2.05) is 55.5 Å². The summed E-state index contributed by atoms with van der Waals surface area (Å²) in [5.41, 5.74) is 2.47. The van der Waals surface area contributed by atoms with Gasteiger partial charge < -0.3 is 10.2 Å². The fraction of sp³-hybridized carbons (Fsp3) is 0.269. The van der Waals surface area contributed by atoms with Gasteiger partial charge in [-0.1, -0.05) is 55.5 Å². The standard InChI is InChI=1S/C26H28FN3O2/c1-2-8-25(31)30(19-21-12-14-22(27)15-13-21)24(17-20-9-4-3-5-10-20)26(32)29-18-23-11-6-7-16-28-23/h3-7,9-16,24H,2,8,17-19H2,1H3,(H,29,32). The van der Waals surface area contributed by atoms with Crippen molar-refractivity contribution in [3.05, 3.63) is 102 Å². The van der Waals surface area contributed by atoms with Crippen molar-refractivity contribution < 1.29 is 14.0 Å². The normalized spacial score (nSPS) is 11.6. The molecular formula is C26H28FN3O2. The molecule has 1 unspecified atom stereocenters. The van der Waals surface area contributed by atoms with E-state index in [1.165, 1.54) is 12.1 Å². The quantitative estimate of drug-likeness (QED) is 0.519. The Balaban J connectivity index is 1.87. The Morgan fingerprint density at radius 1 is 0.969 bits per heavy atom. The number of aromatic nitrogens is 1. The molecule has 1 heterocycles. The summed E-state index contributed by atoms with van der Waals surface area (Å²) in [7, 11) is 0.